The van der Waals surface area contributed by atoms with Crippen molar-refractivity contribution in [1.82, 2.24) is 4.31 Å². The molecule has 0 radical (unpaired) electrons. The van der Waals surface area contributed by atoms with Crippen LogP contribution in [-0.2, 0) is 14.8 Å². The van der Waals surface area contributed by atoms with Gasteiger partial charge < -0.3 is 5.11 Å². The molecule has 0 spiro atoms. The molecule has 106 valence electrons. The van der Waals surface area contributed by atoms with Crippen LogP contribution in [-0.4, -0.2) is 36.9 Å². The van der Waals surface area contributed by atoms with Crippen LogP contribution in [0.15, 0.2) is 18.5 Å². The van der Waals surface area contributed by atoms with E-state index in [9.17, 15) is 13.2 Å². The number of carbonyl (C=O) groups is 1. The summed E-state index contributed by atoms with van der Waals surface area (Å²) >= 11 is 7.77. The molecule has 2 rings (SSSR count). The molecule has 1 unspecified atom stereocenters. The summed E-state index contributed by atoms with van der Waals surface area (Å²) in [7, 11) is -3.53. The third-order valence-corrected chi connectivity index (χ3v) is 7.80. The monoisotopic (exact) mass is 431 g/mol. The summed E-state index contributed by atoms with van der Waals surface area (Å²) in [6, 6.07) is 1.55. The molecule has 1 aliphatic heterocycles. The molecular formula is C10H11Br2NO4S2. The molecule has 5 nitrogen and oxygen atoms in total. The minimum atomic E-state index is -3.53. The largest absolute Gasteiger partial charge is 0.481 e. The number of nitrogens with zero attached hydrogens (tertiary/aromatic N) is 1. The Hall–Kier alpha value is 0.0400. The Morgan fingerprint density at radius 2 is 2.11 bits per heavy atom. The number of hydrogen-bond acceptors (Lipinski definition) is 4. The lowest BCUT2D eigenvalue weighted by Crippen LogP contribution is -2.53. The molecule has 1 saturated heterocycles. The lowest BCUT2D eigenvalue weighted by Gasteiger charge is -2.39. The van der Waals surface area contributed by atoms with Crippen LogP contribution in [0.5, 0.6) is 0 Å². The molecule has 1 N–H and O–H groups in total. The number of hydrogen-bond donors (Lipinski definition) is 1. The number of carboxylic acids is 1. The fourth-order valence-corrected chi connectivity index (χ4v) is 7.14. The van der Waals surface area contributed by atoms with E-state index >= 15 is 0 Å². The summed E-state index contributed by atoms with van der Waals surface area (Å²) in [6.07, 6.45) is 0. The molecular weight excluding hydrogens is 422 g/mol. The van der Waals surface area contributed by atoms with Gasteiger partial charge in [-0.1, -0.05) is 6.92 Å². The van der Waals surface area contributed by atoms with Crippen molar-refractivity contribution in [3.8, 4) is 0 Å². The van der Waals surface area contributed by atoms with Crippen molar-refractivity contribution >= 4 is 59.2 Å². The van der Waals surface area contributed by atoms with Crippen LogP contribution in [0, 0.1) is 11.8 Å². The van der Waals surface area contributed by atoms with E-state index in [4.69, 9.17) is 5.11 Å². The fraction of sp³-hybridized carbons (Fsp3) is 0.500. The van der Waals surface area contributed by atoms with E-state index in [2.05, 4.69) is 31.9 Å². The maximum absolute atomic E-state index is 12.3. The summed E-state index contributed by atoms with van der Waals surface area (Å²) in [5.41, 5.74) is 0. The summed E-state index contributed by atoms with van der Waals surface area (Å²) < 4.78 is 27.2. The highest BCUT2D eigenvalue weighted by atomic mass is 79.9. The zero-order valence-corrected chi connectivity index (χ0v) is 14.6. The first-order chi connectivity index (χ1) is 8.73. The second-order valence-corrected chi connectivity index (χ2v) is 10.1. The van der Waals surface area contributed by atoms with Gasteiger partial charge in [0, 0.05) is 13.1 Å². The molecule has 2 heterocycles. The van der Waals surface area contributed by atoms with Gasteiger partial charge in [0.1, 0.15) is 4.90 Å². The minimum absolute atomic E-state index is 0.117. The van der Waals surface area contributed by atoms with Crippen LogP contribution >= 0.6 is 43.2 Å². The molecule has 19 heavy (non-hydrogen) atoms. The summed E-state index contributed by atoms with van der Waals surface area (Å²) in [6.45, 7) is 2.12. The maximum Gasteiger partial charge on any atom is 0.306 e. The first kappa shape index (κ1) is 15.4. The van der Waals surface area contributed by atoms with Gasteiger partial charge in [0.2, 0.25) is 10.0 Å². The molecule has 9 heteroatoms. The molecule has 0 aliphatic carbocycles. The number of aliphatic carboxylic acids is 1. The van der Waals surface area contributed by atoms with Crippen molar-refractivity contribution in [2.75, 3.05) is 13.1 Å². The summed E-state index contributed by atoms with van der Waals surface area (Å²) in [5, 5.41) is 8.89. The van der Waals surface area contributed by atoms with Crippen molar-refractivity contribution in [2.45, 2.75) is 11.8 Å². The van der Waals surface area contributed by atoms with Gasteiger partial charge >= 0.3 is 5.97 Å². The van der Waals surface area contributed by atoms with Crippen molar-refractivity contribution in [3.63, 3.8) is 0 Å². The molecule has 1 aromatic rings. The number of thiophene rings is 1. The van der Waals surface area contributed by atoms with E-state index in [0.717, 1.165) is 3.79 Å². The Morgan fingerprint density at radius 3 is 2.53 bits per heavy atom. The van der Waals surface area contributed by atoms with E-state index < -0.39 is 21.9 Å². The SMILES string of the molecule is CC(C(=O)O)C1CN(S(=O)(=O)c2cc(Br)sc2Br)C1. The number of halogens is 2. The van der Waals surface area contributed by atoms with Crippen molar-refractivity contribution in [3.05, 3.63) is 13.6 Å². The molecule has 1 atom stereocenters. The van der Waals surface area contributed by atoms with Crippen LogP contribution in [0.3, 0.4) is 0 Å². The van der Waals surface area contributed by atoms with Crippen molar-refractivity contribution in [1.29, 1.82) is 0 Å². The number of carboxylic acid groups (broad SMARTS) is 1. The van der Waals surface area contributed by atoms with Crippen LogP contribution in [0.2, 0.25) is 0 Å². The fourth-order valence-electron chi connectivity index (χ4n) is 1.82. The third-order valence-electron chi connectivity index (χ3n) is 3.22. The van der Waals surface area contributed by atoms with Crippen LogP contribution < -0.4 is 0 Å². The van der Waals surface area contributed by atoms with E-state index in [1.165, 1.54) is 15.6 Å². The molecule has 1 aromatic heterocycles. The van der Waals surface area contributed by atoms with E-state index in [1.807, 2.05) is 0 Å². The van der Waals surface area contributed by atoms with Crippen molar-refractivity contribution in [2.24, 2.45) is 11.8 Å². The quantitative estimate of drug-likeness (QED) is 0.793. The Balaban J connectivity index is 2.13. The number of sulfonamides is 1. The average molecular weight is 433 g/mol. The van der Waals surface area contributed by atoms with E-state index in [-0.39, 0.29) is 23.9 Å². The molecule has 1 fully saturated rings. The highest BCUT2D eigenvalue weighted by molar-refractivity contribution is 9.12. The van der Waals surface area contributed by atoms with Gasteiger partial charge in [-0.05, 0) is 43.8 Å². The lowest BCUT2D eigenvalue weighted by molar-refractivity contribution is -0.144. The Morgan fingerprint density at radius 1 is 1.53 bits per heavy atom. The van der Waals surface area contributed by atoms with Gasteiger partial charge in [-0.2, -0.15) is 4.31 Å². The first-order valence-corrected chi connectivity index (χ1v) is 9.25. The van der Waals surface area contributed by atoms with Crippen LogP contribution in [0.25, 0.3) is 0 Å². The normalized spacial score (nSPS) is 19.1. The van der Waals surface area contributed by atoms with Gasteiger partial charge in [-0.25, -0.2) is 8.42 Å². The zero-order chi connectivity index (χ0) is 14.4. The molecule has 0 amide bonds. The summed E-state index contributed by atoms with van der Waals surface area (Å²) in [4.78, 5) is 11.1. The third kappa shape index (κ3) is 2.90. The molecule has 1 aliphatic rings. The van der Waals surface area contributed by atoms with Gasteiger partial charge in [0.25, 0.3) is 0 Å². The molecule has 0 saturated carbocycles. The Kier molecular flexibility index (Phi) is 4.41. The predicted molar refractivity (Wildman–Crippen MR) is 78.8 cm³/mol. The predicted octanol–water partition coefficient (Wildman–Crippen LogP) is 2.61. The van der Waals surface area contributed by atoms with Gasteiger partial charge in [0.15, 0.2) is 0 Å². The van der Waals surface area contributed by atoms with Gasteiger partial charge in [0.05, 0.1) is 13.5 Å². The average Bonchev–Trinajstić information content (AvgIpc) is 2.55. The second-order valence-electron chi connectivity index (χ2n) is 4.40. The second kappa shape index (κ2) is 5.44. The lowest BCUT2D eigenvalue weighted by atomic mass is 9.89. The highest BCUT2D eigenvalue weighted by Gasteiger charge is 2.42. The van der Waals surface area contributed by atoms with E-state index in [1.54, 1.807) is 13.0 Å². The maximum atomic E-state index is 12.3. The smallest absolute Gasteiger partial charge is 0.306 e. The standard InChI is InChI=1S/C10H11Br2NO4S2/c1-5(10(14)15)6-3-13(4-6)19(16,17)7-2-8(11)18-9(7)12/h2,5-6H,3-4H2,1H3,(H,14,15). The minimum Gasteiger partial charge on any atom is -0.481 e. The molecule has 0 bridgehead atoms. The Bertz CT molecular complexity index is 607. The molecule has 0 aromatic carbocycles. The van der Waals surface area contributed by atoms with Gasteiger partial charge in [-0.3, -0.25) is 4.79 Å². The van der Waals surface area contributed by atoms with Crippen molar-refractivity contribution < 1.29 is 18.3 Å². The number of rotatable bonds is 4. The van der Waals surface area contributed by atoms with Crippen LogP contribution in [0.4, 0.5) is 0 Å². The Labute approximate surface area is 131 Å². The van der Waals surface area contributed by atoms with Gasteiger partial charge in [-0.15, -0.1) is 11.3 Å². The zero-order valence-electron chi connectivity index (χ0n) is 9.84. The first-order valence-electron chi connectivity index (χ1n) is 5.41. The topological polar surface area (TPSA) is 74.7 Å². The highest BCUT2D eigenvalue weighted by Crippen LogP contribution is 2.38. The van der Waals surface area contributed by atoms with E-state index in [0.29, 0.717) is 3.79 Å². The van der Waals surface area contributed by atoms with Crippen LogP contribution in [0.1, 0.15) is 6.92 Å². The summed E-state index contributed by atoms with van der Waals surface area (Å²) in [5.74, 6) is -1.53.